The van der Waals surface area contributed by atoms with Crippen LogP contribution in [0.2, 0.25) is 0 Å². The summed E-state index contributed by atoms with van der Waals surface area (Å²) in [6.07, 6.45) is 5.53. The first kappa shape index (κ1) is 20.5. The number of aryl methyl sites for hydroxylation is 2. The highest BCUT2D eigenvalue weighted by atomic mass is 35.5. The highest BCUT2D eigenvalue weighted by Crippen LogP contribution is 2.19. The Hall–Kier alpha value is -1.52. The summed E-state index contributed by atoms with van der Waals surface area (Å²) in [5.74, 6) is 1.09. The van der Waals surface area contributed by atoms with Crippen molar-refractivity contribution in [2.75, 3.05) is 26.2 Å². The topological polar surface area (TPSA) is 50.4 Å². The highest BCUT2D eigenvalue weighted by molar-refractivity contribution is 5.85. The number of amides is 1. The third kappa shape index (κ3) is 7.37. The molecule has 0 radical (unpaired) electrons. The van der Waals surface area contributed by atoms with Gasteiger partial charge in [0.15, 0.2) is 0 Å². The molecule has 0 aromatic heterocycles. The standard InChI is InChI=1S/C19H28N2O2.ClH/c1-15-6-7-16(2)18(13-15)23-12-4-3-5-19(22)21-14-17-8-10-20-11-9-17;/h6-8,13,20H,3-5,9-12,14H2,1-2H3,(H,21,22);1H. The summed E-state index contributed by atoms with van der Waals surface area (Å²) in [4.78, 5) is 11.8. The van der Waals surface area contributed by atoms with E-state index < -0.39 is 0 Å². The number of nitrogens with one attached hydrogen (secondary N) is 2. The second-order valence-corrected chi connectivity index (χ2v) is 6.17. The van der Waals surface area contributed by atoms with Crippen LogP contribution in [-0.2, 0) is 4.79 Å². The first-order valence-electron chi connectivity index (χ1n) is 8.50. The molecule has 1 aliphatic heterocycles. The van der Waals surface area contributed by atoms with Crippen molar-refractivity contribution in [3.8, 4) is 5.75 Å². The zero-order valence-electron chi connectivity index (χ0n) is 14.7. The molecule has 0 bridgehead atoms. The van der Waals surface area contributed by atoms with Crippen LogP contribution >= 0.6 is 12.4 Å². The molecule has 0 fully saturated rings. The molecule has 1 heterocycles. The molecule has 1 amide bonds. The minimum absolute atomic E-state index is 0. The molecule has 0 atom stereocenters. The van der Waals surface area contributed by atoms with Crippen LogP contribution in [-0.4, -0.2) is 32.1 Å². The number of halogens is 1. The lowest BCUT2D eigenvalue weighted by molar-refractivity contribution is -0.121. The third-order valence-corrected chi connectivity index (χ3v) is 4.07. The van der Waals surface area contributed by atoms with Gasteiger partial charge in [0.25, 0.3) is 0 Å². The van der Waals surface area contributed by atoms with E-state index in [-0.39, 0.29) is 18.3 Å². The quantitative estimate of drug-likeness (QED) is 0.557. The van der Waals surface area contributed by atoms with Crippen molar-refractivity contribution in [1.82, 2.24) is 10.6 Å². The monoisotopic (exact) mass is 352 g/mol. The molecule has 24 heavy (non-hydrogen) atoms. The lowest BCUT2D eigenvalue weighted by Crippen LogP contribution is -2.29. The van der Waals surface area contributed by atoms with Crippen LogP contribution in [0.15, 0.2) is 29.8 Å². The minimum Gasteiger partial charge on any atom is -0.493 e. The average molecular weight is 353 g/mol. The van der Waals surface area contributed by atoms with Gasteiger partial charge in [0.05, 0.1) is 6.61 Å². The molecule has 0 spiro atoms. The molecule has 5 heteroatoms. The van der Waals surface area contributed by atoms with Crippen molar-refractivity contribution in [1.29, 1.82) is 0 Å². The third-order valence-electron chi connectivity index (χ3n) is 4.07. The molecule has 0 saturated carbocycles. The van der Waals surface area contributed by atoms with E-state index in [2.05, 4.69) is 48.8 Å². The second kappa shape index (κ2) is 11.1. The van der Waals surface area contributed by atoms with Gasteiger partial charge >= 0.3 is 0 Å². The number of benzene rings is 1. The summed E-state index contributed by atoms with van der Waals surface area (Å²) in [7, 11) is 0. The number of carbonyl (C=O) groups is 1. The molecule has 2 rings (SSSR count). The fourth-order valence-corrected chi connectivity index (χ4v) is 2.56. The zero-order valence-corrected chi connectivity index (χ0v) is 15.5. The summed E-state index contributed by atoms with van der Waals surface area (Å²) in [5.41, 5.74) is 3.69. The van der Waals surface area contributed by atoms with E-state index in [9.17, 15) is 4.79 Å². The van der Waals surface area contributed by atoms with E-state index in [1.807, 2.05) is 0 Å². The van der Waals surface area contributed by atoms with E-state index in [4.69, 9.17) is 4.74 Å². The molecule has 0 saturated heterocycles. The van der Waals surface area contributed by atoms with Crippen LogP contribution in [0.3, 0.4) is 0 Å². The minimum atomic E-state index is 0. The first-order chi connectivity index (χ1) is 11.1. The molecule has 134 valence electrons. The molecule has 0 unspecified atom stereocenters. The van der Waals surface area contributed by atoms with Gasteiger partial charge in [-0.3, -0.25) is 4.79 Å². The Morgan fingerprint density at radius 1 is 1.29 bits per heavy atom. The second-order valence-electron chi connectivity index (χ2n) is 6.17. The Labute approximate surface area is 151 Å². The lowest BCUT2D eigenvalue weighted by atomic mass is 10.1. The van der Waals surface area contributed by atoms with Crippen molar-refractivity contribution in [3.05, 3.63) is 41.0 Å². The van der Waals surface area contributed by atoms with E-state index in [1.54, 1.807) is 0 Å². The Kier molecular flexibility index (Phi) is 9.50. The van der Waals surface area contributed by atoms with Crippen LogP contribution in [0.5, 0.6) is 5.75 Å². The van der Waals surface area contributed by atoms with Gasteiger partial charge in [0.1, 0.15) is 5.75 Å². The van der Waals surface area contributed by atoms with Gasteiger partial charge in [-0.05, 0) is 56.8 Å². The predicted molar refractivity (Wildman–Crippen MR) is 101 cm³/mol. The lowest BCUT2D eigenvalue weighted by Gasteiger charge is -2.14. The number of carbonyl (C=O) groups excluding carboxylic acids is 1. The summed E-state index contributed by atoms with van der Waals surface area (Å²) in [6, 6.07) is 6.23. The largest absolute Gasteiger partial charge is 0.493 e. The summed E-state index contributed by atoms with van der Waals surface area (Å²) >= 11 is 0. The van der Waals surface area contributed by atoms with Crippen molar-refractivity contribution < 1.29 is 9.53 Å². The Morgan fingerprint density at radius 3 is 2.88 bits per heavy atom. The highest BCUT2D eigenvalue weighted by Gasteiger charge is 2.06. The van der Waals surface area contributed by atoms with Gasteiger partial charge in [-0.1, -0.05) is 23.8 Å². The van der Waals surface area contributed by atoms with Gasteiger partial charge in [0, 0.05) is 19.5 Å². The summed E-state index contributed by atoms with van der Waals surface area (Å²) in [5, 5.41) is 6.27. The number of ether oxygens (including phenoxy) is 1. The fraction of sp³-hybridized carbons (Fsp3) is 0.526. The van der Waals surface area contributed by atoms with E-state index in [0.29, 0.717) is 19.6 Å². The maximum absolute atomic E-state index is 11.8. The molecular formula is C19H29ClN2O2. The first-order valence-corrected chi connectivity index (χ1v) is 8.50. The number of hydrogen-bond donors (Lipinski definition) is 2. The van der Waals surface area contributed by atoms with Crippen LogP contribution in [0.25, 0.3) is 0 Å². The van der Waals surface area contributed by atoms with E-state index >= 15 is 0 Å². The zero-order chi connectivity index (χ0) is 16.5. The van der Waals surface area contributed by atoms with Crippen molar-refractivity contribution in [2.24, 2.45) is 0 Å². The maximum Gasteiger partial charge on any atom is 0.220 e. The molecule has 2 N–H and O–H groups in total. The van der Waals surface area contributed by atoms with Crippen LogP contribution < -0.4 is 15.4 Å². The Bertz CT molecular complexity index is 558. The SMILES string of the molecule is Cc1ccc(C)c(OCCCCC(=O)NCC2=CCNCC2)c1.Cl. The van der Waals surface area contributed by atoms with E-state index in [1.165, 1.54) is 11.1 Å². The Balaban J connectivity index is 0.00000288. The van der Waals surface area contributed by atoms with Crippen LogP contribution in [0.4, 0.5) is 0 Å². The van der Waals surface area contributed by atoms with Crippen molar-refractivity contribution in [2.45, 2.75) is 39.5 Å². The average Bonchev–Trinajstić information content (AvgIpc) is 2.56. The predicted octanol–water partition coefficient (Wildman–Crippen LogP) is 3.31. The molecule has 1 aliphatic rings. The van der Waals surface area contributed by atoms with Crippen LogP contribution in [0, 0.1) is 13.8 Å². The van der Waals surface area contributed by atoms with Gasteiger partial charge in [0.2, 0.25) is 5.91 Å². The van der Waals surface area contributed by atoms with Gasteiger partial charge in [-0.2, -0.15) is 0 Å². The smallest absolute Gasteiger partial charge is 0.220 e. The number of unbranched alkanes of at least 4 members (excludes halogenated alkanes) is 1. The molecule has 1 aromatic carbocycles. The van der Waals surface area contributed by atoms with E-state index in [0.717, 1.165) is 43.7 Å². The van der Waals surface area contributed by atoms with Crippen molar-refractivity contribution in [3.63, 3.8) is 0 Å². The fourth-order valence-electron chi connectivity index (χ4n) is 2.56. The molecular weight excluding hydrogens is 324 g/mol. The normalized spacial score (nSPS) is 13.7. The molecule has 0 aliphatic carbocycles. The van der Waals surface area contributed by atoms with Gasteiger partial charge in [-0.25, -0.2) is 0 Å². The Morgan fingerprint density at radius 2 is 2.12 bits per heavy atom. The van der Waals surface area contributed by atoms with Crippen molar-refractivity contribution >= 4 is 18.3 Å². The maximum atomic E-state index is 11.8. The van der Waals surface area contributed by atoms with Crippen LogP contribution in [0.1, 0.15) is 36.8 Å². The molecule has 4 nitrogen and oxygen atoms in total. The summed E-state index contributed by atoms with van der Waals surface area (Å²) < 4.78 is 5.81. The van der Waals surface area contributed by atoms with Gasteiger partial charge in [-0.15, -0.1) is 12.4 Å². The van der Waals surface area contributed by atoms with Gasteiger partial charge < -0.3 is 15.4 Å². The number of rotatable bonds is 8. The summed E-state index contributed by atoms with van der Waals surface area (Å²) in [6.45, 7) is 7.40. The number of hydrogen-bond acceptors (Lipinski definition) is 3. The molecule has 1 aromatic rings.